The van der Waals surface area contributed by atoms with Crippen LogP contribution < -0.4 is 4.74 Å². The highest BCUT2D eigenvalue weighted by molar-refractivity contribution is 6.10. The third kappa shape index (κ3) is 6.32. The third-order valence-electron chi connectivity index (χ3n) is 6.43. The first-order chi connectivity index (χ1) is 18.5. The number of carbonyl (C=O) groups is 1. The molecule has 0 unspecified atom stereocenters. The van der Waals surface area contributed by atoms with E-state index in [1.165, 1.54) is 25.1 Å². The Bertz CT molecular complexity index is 1180. The molecule has 13 nitrogen and oxygen atoms in total. The molecule has 0 spiro atoms. The van der Waals surface area contributed by atoms with E-state index < -0.39 is 79.2 Å². The summed E-state index contributed by atoms with van der Waals surface area (Å²) in [6.07, 6.45) is -10.6. The zero-order valence-corrected chi connectivity index (χ0v) is 20.6. The highest BCUT2D eigenvalue weighted by Crippen LogP contribution is 2.36. The number of aliphatic hydroxyl groups excluding tert-OH is 5. The largest absolute Gasteiger partial charge is 0.508 e. The number of aliphatic hydroxyl groups is 5. The average molecular weight is 551 g/mol. The quantitative estimate of drug-likeness (QED) is 0.159. The Hall–Kier alpha value is -3.27. The van der Waals surface area contributed by atoms with Gasteiger partial charge in [-0.25, -0.2) is 0 Å². The smallest absolute Gasteiger partial charge is 0.228 e. The molecule has 212 valence electrons. The molecule has 2 aromatic carbocycles. The topological polar surface area (TPSA) is 216 Å². The van der Waals surface area contributed by atoms with E-state index >= 15 is 0 Å². The number of hydrogen-bond donors (Lipinski definition) is 8. The average Bonchev–Trinajstić information content (AvgIpc) is 2.89. The van der Waals surface area contributed by atoms with Crippen molar-refractivity contribution in [3.8, 4) is 23.0 Å². The summed E-state index contributed by atoms with van der Waals surface area (Å²) in [6.45, 7) is 1.06. The van der Waals surface area contributed by atoms with E-state index in [4.69, 9.17) is 18.9 Å². The van der Waals surface area contributed by atoms with Crippen LogP contribution in [0.2, 0.25) is 0 Å². The van der Waals surface area contributed by atoms with Gasteiger partial charge in [-0.15, -0.1) is 0 Å². The van der Waals surface area contributed by atoms with E-state index in [1.54, 1.807) is 12.1 Å². The van der Waals surface area contributed by atoms with Gasteiger partial charge in [0.25, 0.3) is 0 Å². The predicted octanol–water partition coefficient (Wildman–Crippen LogP) is -0.631. The van der Waals surface area contributed by atoms with Crippen molar-refractivity contribution in [3.05, 3.63) is 53.6 Å². The summed E-state index contributed by atoms with van der Waals surface area (Å²) in [5, 5.41) is 80.9. The van der Waals surface area contributed by atoms with Crippen LogP contribution in [0.4, 0.5) is 0 Å². The fourth-order valence-electron chi connectivity index (χ4n) is 4.18. The standard InChI is InChI=1S/C26H30O13/c1-11-20(31)22(33)24(35)26(37-11)39-18-10-36-25(23(34)21(18)32)38-17-9-14(28)8-16(30)19(17)15(29)7-4-12-2-5-13(27)6-3-12/h2-9,11,18,20-28,30-35H,10H2,1H3/b7-4+/t11-,18+,20-,21-,22+,23+,24+,25-,26-/m0/s1. The van der Waals surface area contributed by atoms with Gasteiger partial charge in [0.2, 0.25) is 6.29 Å². The summed E-state index contributed by atoms with van der Waals surface area (Å²) < 4.78 is 21.9. The minimum atomic E-state index is -1.77. The van der Waals surface area contributed by atoms with Gasteiger partial charge in [-0.2, -0.15) is 0 Å². The van der Waals surface area contributed by atoms with E-state index in [0.29, 0.717) is 5.56 Å². The Balaban J connectivity index is 1.47. The summed E-state index contributed by atoms with van der Waals surface area (Å²) >= 11 is 0. The van der Waals surface area contributed by atoms with Gasteiger partial charge in [-0.3, -0.25) is 4.79 Å². The number of aromatic hydroxyl groups is 3. The molecule has 2 saturated heterocycles. The third-order valence-corrected chi connectivity index (χ3v) is 6.43. The number of phenols is 3. The number of ether oxygens (including phenoxy) is 4. The van der Waals surface area contributed by atoms with Gasteiger partial charge in [0.1, 0.15) is 65.2 Å². The number of carbonyl (C=O) groups excluding carboxylic acids is 1. The maximum atomic E-state index is 12.9. The molecule has 0 bridgehead atoms. The van der Waals surface area contributed by atoms with Crippen LogP contribution in [0.3, 0.4) is 0 Å². The SMILES string of the molecule is C[C@@H]1O[C@@H](O[C@@H]2CO[C@@H](Oc3cc(O)cc(O)c3C(=O)/C=C/c3ccc(O)cc3)[C@H](O)[C@H]2O)[C@H](O)[C@H](O)[C@H]1O. The molecule has 2 aliphatic rings. The summed E-state index contributed by atoms with van der Waals surface area (Å²) in [6, 6.07) is 7.90. The molecule has 0 aromatic heterocycles. The zero-order valence-electron chi connectivity index (χ0n) is 20.6. The number of allylic oxidation sites excluding steroid dienone is 1. The van der Waals surface area contributed by atoms with Crippen LogP contribution in [0.15, 0.2) is 42.5 Å². The van der Waals surface area contributed by atoms with Gasteiger partial charge in [0.15, 0.2) is 12.1 Å². The molecular weight excluding hydrogens is 520 g/mol. The van der Waals surface area contributed by atoms with E-state index in [1.807, 2.05) is 0 Å². The Kier molecular flexibility index (Phi) is 8.73. The van der Waals surface area contributed by atoms with Gasteiger partial charge >= 0.3 is 0 Å². The summed E-state index contributed by atoms with van der Waals surface area (Å²) in [5.41, 5.74) is 0.220. The second-order valence-corrected chi connectivity index (χ2v) is 9.28. The lowest BCUT2D eigenvalue weighted by Gasteiger charge is -2.43. The number of benzene rings is 2. The van der Waals surface area contributed by atoms with Gasteiger partial charge in [0.05, 0.1) is 12.7 Å². The van der Waals surface area contributed by atoms with Crippen molar-refractivity contribution in [3.63, 3.8) is 0 Å². The Labute approximate surface area is 222 Å². The molecule has 0 aliphatic carbocycles. The van der Waals surface area contributed by atoms with E-state index in [2.05, 4.69) is 0 Å². The molecule has 13 heteroatoms. The molecule has 2 aromatic rings. The molecule has 2 aliphatic heterocycles. The van der Waals surface area contributed by atoms with Gasteiger partial charge in [0, 0.05) is 12.1 Å². The van der Waals surface area contributed by atoms with Crippen LogP contribution in [0.25, 0.3) is 6.08 Å². The molecule has 39 heavy (non-hydrogen) atoms. The van der Waals surface area contributed by atoms with Gasteiger partial charge < -0.3 is 59.8 Å². The fourth-order valence-corrected chi connectivity index (χ4v) is 4.18. The van der Waals surface area contributed by atoms with Crippen LogP contribution in [0.5, 0.6) is 23.0 Å². The predicted molar refractivity (Wildman–Crippen MR) is 131 cm³/mol. The Morgan fingerprint density at radius 3 is 2.23 bits per heavy atom. The first kappa shape index (κ1) is 28.7. The maximum absolute atomic E-state index is 12.9. The molecular formula is C26H30O13. The highest BCUT2D eigenvalue weighted by Gasteiger charge is 2.47. The van der Waals surface area contributed by atoms with Crippen molar-refractivity contribution in [2.45, 2.75) is 62.2 Å². The van der Waals surface area contributed by atoms with Crippen LogP contribution >= 0.6 is 0 Å². The normalized spacial score (nSPS) is 33.2. The lowest BCUT2D eigenvalue weighted by Crippen LogP contribution is -2.61. The summed E-state index contributed by atoms with van der Waals surface area (Å²) in [5.74, 6) is -2.09. The maximum Gasteiger partial charge on any atom is 0.228 e. The van der Waals surface area contributed by atoms with Crippen molar-refractivity contribution in [1.29, 1.82) is 0 Å². The Morgan fingerprint density at radius 2 is 1.54 bits per heavy atom. The van der Waals surface area contributed by atoms with Crippen LogP contribution in [0.1, 0.15) is 22.8 Å². The molecule has 2 fully saturated rings. The molecule has 2 heterocycles. The minimum absolute atomic E-state index is 0.0413. The van der Waals surface area contributed by atoms with Crippen molar-refractivity contribution in [2.24, 2.45) is 0 Å². The fraction of sp³-hybridized carbons (Fsp3) is 0.423. The first-order valence-corrected chi connectivity index (χ1v) is 12.0. The molecule has 0 saturated carbocycles. The number of rotatable bonds is 7. The van der Waals surface area contributed by atoms with Crippen LogP contribution in [0, 0.1) is 0 Å². The van der Waals surface area contributed by atoms with Crippen molar-refractivity contribution in [1.82, 2.24) is 0 Å². The monoisotopic (exact) mass is 550 g/mol. The van der Waals surface area contributed by atoms with Crippen LogP contribution in [-0.4, -0.2) is 109 Å². The summed E-state index contributed by atoms with van der Waals surface area (Å²) in [7, 11) is 0. The lowest BCUT2D eigenvalue weighted by molar-refractivity contribution is -0.333. The summed E-state index contributed by atoms with van der Waals surface area (Å²) in [4.78, 5) is 12.9. The van der Waals surface area contributed by atoms with Gasteiger partial charge in [-0.1, -0.05) is 18.2 Å². The first-order valence-electron chi connectivity index (χ1n) is 12.0. The highest BCUT2D eigenvalue weighted by atomic mass is 16.7. The second-order valence-electron chi connectivity index (χ2n) is 9.28. The number of hydrogen-bond acceptors (Lipinski definition) is 13. The van der Waals surface area contributed by atoms with Crippen molar-refractivity contribution in [2.75, 3.05) is 6.61 Å². The van der Waals surface area contributed by atoms with E-state index in [0.717, 1.165) is 18.2 Å². The lowest BCUT2D eigenvalue weighted by atomic mass is 9.99. The minimum Gasteiger partial charge on any atom is -0.508 e. The zero-order chi connectivity index (χ0) is 28.4. The Morgan fingerprint density at radius 1 is 0.872 bits per heavy atom. The van der Waals surface area contributed by atoms with E-state index in [9.17, 15) is 45.6 Å². The van der Waals surface area contributed by atoms with Crippen LogP contribution in [-0.2, 0) is 14.2 Å². The molecule has 8 N–H and O–H groups in total. The van der Waals surface area contributed by atoms with Crippen molar-refractivity contribution < 1.29 is 64.6 Å². The molecule has 0 amide bonds. The molecule has 4 rings (SSSR count). The number of phenolic OH excluding ortho intramolecular Hbond substituents is 3. The molecule has 0 radical (unpaired) electrons. The van der Waals surface area contributed by atoms with E-state index in [-0.39, 0.29) is 17.1 Å². The van der Waals surface area contributed by atoms with Crippen molar-refractivity contribution >= 4 is 11.9 Å². The van der Waals surface area contributed by atoms with Gasteiger partial charge in [-0.05, 0) is 30.7 Å². The second kappa shape index (κ2) is 11.9. The number of ketones is 1. The molecule has 9 atom stereocenters.